The van der Waals surface area contributed by atoms with Crippen LogP contribution < -0.4 is 14.8 Å². The van der Waals surface area contributed by atoms with Gasteiger partial charge in [0.1, 0.15) is 6.61 Å². The quantitative estimate of drug-likeness (QED) is 0.620. The van der Waals surface area contributed by atoms with E-state index in [9.17, 15) is 0 Å². The summed E-state index contributed by atoms with van der Waals surface area (Å²) in [5, 5.41) is 4.00. The molecule has 0 bridgehead atoms. The van der Waals surface area contributed by atoms with Crippen LogP contribution in [0.3, 0.4) is 0 Å². The van der Waals surface area contributed by atoms with Gasteiger partial charge in [0.25, 0.3) is 0 Å². The third-order valence-electron chi connectivity index (χ3n) is 1.78. The lowest BCUT2D eigenvalue weighted by atomic mass is 10.3. The largest absolute Gasteiger partial charge is 0.484 e. The van der Waals surface area contributed by atoms with Crippen molar-refractivity contribution in [1.82, 2.24) is 5.32 Å². The lowest BCUT2D eigenvalue weighted by Crippen LogP contribution is -2.35. The molecule has 2 rings (SSSR count). The van der Waals surface area contributed by atoms with Crippen LogP contribution in [0.1, 0.15) is 0 Å². The molecule has 1 heterocycles. The number of benzene rings is 1. The molecule has 63 valence electrons. The summed E-state index contributed by atoms with van der Waals surface area (Å²) in [6.45, 7) is 0.507. The molecule has 0 aliphatic carbocycles. The maximum Gasteiger partial charge on any atom is 0.199 e. The van der Waals surface area contributed by atoms with E-state index in [-0.39, 0.29) is 6.23 Å². The number of nitrogens with zero attached hydrogens (tertiary/aromatic N) is 1. The predicted octanol–water partition coefficient (Wildman–Crippen LogP) is 1.02. The normalized spacial score (nSPS) is 20.6. The molecule has 0 aromatic heterocycles. The Bertz CT molecular complexity index is 275. The highest BCUT2D eigenvalue weighted by Gasteiger charge is 2.18. The summed E-state index contributed by atoms with van der Waals surface area (Å²) in [7, 11) is 1.72. The molecule has 1 unspecified atom stereocenters. The molecule has 12 heavy (non-hydrogen) atoms. The first-order chi connectivity index (χ1) is 5.90. The van der Waals surface area contributed by atoms with E-state index in [1.165, 1.54) is 0 Å². The Balaban J connectivity index is 2.23. The second-order valence-electron chi connectivity index (χ2n) is 2.59. The molecule has 0 spiro atoms. The van der Waals surface area contributed by atoms with Gasteiger partial charge in [-0.2, -0.15) is 0 Å². The van der Waals surface area contributed by atoms with Crippen molar-refractivity contribution in [3.63, 3.8) is 0 Å². The van der Waals surface area contributed by atoms with Gasteiger partial charge in [-0.15, -0.1) is 0 Å². The number of hydrogen-bond donors (Lipinski definition) is 0. The molecule has 0 saturated heterocycles. The van der Waals surface area contributed by atoms with Crippen LogP contribution in [0.15, 0.2) is 24.3 Å². The van der Waals surface area contributed by atoms with Crippen molar-refractivity contribution in [2.24, 2.45) is 0 Å². The maximum absolute atomic E-state index is 5.49. The fourth-order valence-corrected chi connectivity index (χ4v) is 1.14. The molecule has 0 fully saturated rings. The van der Waals surface area contributed by atoms with Crippen molar-refractivity contribution in [2.75, 3.05) is 13.7 Å². The van der Waals surface area contributed by atoms with Crippen LogP contribution >= 0.6 is 0 Å². The van der Waals surface area contributed by atoms with Crippen LogP contribution in [-0.4, -0.2) is 19.9 Å². The number of ether oxygens (including phenoxy) is 2. The molecule has 1 aromatic carbocycles. The standard InChI is InChI=1S/C9H10NO2/c1-10-9-6-11-7-4-2-3-5-8(7)12-9/h2-5,9H,6H2,1H3. The van der Waals surface area contributed by atoms with Gasteiger partial charge in [0, 0.05) is 7.05 Å². The average Bonchev–Trinajstić information content (AvgIpc) is 2.17. The Morgan fingerprint density at radius 2 is 2.08 bits per heavy atom. The SMILES string of the molecule is C[N]C1COc2ccccc2O1. The van der Waals surface area contributed by atoms with E-state index in [0.717, 1.165) is 11.5 Å². The van der Waals surface area contributed by atoms with E-state index >= 15 is 0 Å². The molecular formula is C9H10NO2. The topological polar surface area (TPSA) is 32.6 Å². The number of rotatable bonds is 1. The van der Waals surface area contributed by atoms with Crippen LogP contribution in [0.5, 0.6) is 11.5 Å². The van der Waals surface area contributed by atoms with Gasteiger partial charge in [0.15, 0.2) is 17.7 Å². The van der Waals surface area contributed by atoms with Crippen LogP contribution in [0, 0.1) is 0 Å². The number of fused-ring (bicyclic) bond motifs is 1. The molecule has 3 nitrogen and oxygen atoms in total. The van der Waals surface area contributed by atoms with E-state index in [1.807, 2.05) is 24.3 Å². The van der Waals surface area contributed by atoms with Crippen molar-refractivity contribution >= 4 is 0 Å². The van der Waals surface area contributed by atoms with Gasteiger partial charge in [-0.3, -0.25) is 0 Å². The minimum Gasteiger partial charge on any atom is -0.484 e. The highest BCUT2D eigenvalue weighted by molar-refractivity contribution is 5.40. The highest BCUT2D eigenvalue weighted by Crippen LogP contribution is 2.30. The monoisotopic (exact) mass is 164 g/mol. The van der Waals surface area contributed by atoms with E-state index in [0.29, 0.717) is 6.61 Å². The molecule has 1 atom stereocenters. The minimum atomic E-state index is -0.153. The van der Waals surface area contributed by atoms with Gasteiger partial charge in [-0.1, -0.05) is 12.1 Å². The first-order valence-corrected chi connectivity index (χ1v) is 3.87. The Morgan fingerprint density at radius 3 is 2.83 bits per heavy atom. The van der Waals surface area contributed by atoms with Gasteiger partial charge in [0.2, 0.25) is 0 Å². The van der Waals surface area contributed by atoms with Gasteiger partial charge in [0.05, 0.1) is 0 Å². The molecule has 1 radical (unpaired) electrons. The van der Waals surface area contributed by atoms with E-state index in [2.05, 4.69) is 5.32 Å². The molecule has 0 N–H and O–H groups in total. The molecule has 1 aliphatic rings. The van der Waals surface area contributed by atoms with Crippen LogP contribution in [-0.2, 0) is 0 Å². The summed E-state index contributed by atoms with van der Waals surface area (Å²) in [4.78, 5) is 0. The van der Waals surface area contributed by atoms with Gasteiger partial charge < -0.3 is 9.47 Å². The van der Waals surface area contributed by atoms with E-state index < -0.39 is 0 Å². The summed E-state index contributed by atoms with van der Waals surface area (Å²) in [5.74, 6) is 1.58. The highest BCUT2D eigenvalue weighted by atomic mass is 16.6. The molecule has 0 amide bonds. The lowest BCUT2D eigenvalue weighted by molar-refractivity contribution is 0.0700. The maximum atomic E-state index is 5.49. The summed E-state index contributed by atoms with van der Waals surface area (Å²) < 4.78 is 10.9. The van der Waals surface area contributed by atoms with Crippen LogP contribution in [0.2, 0.25) is 0 Å². The molecule has 1 aromatic rings. The minimum absolute atomic E-state index is 0.153. The summed E-state index contributed by atoms with van der Waals surface area (Å²) in [6, 6.07) is 7.61. The zero-order chi connectivity index (χ0) is 8.39. The second-order valence-corrected chi connectivity index (χ2v) is 2.59. The molecule has 3 heteroatoms. The fraction of sp³-hybridized carbons (Fsp3) is 0.333. The van der Waals surface area contributed by atoms with Crippen molar-refractivity contribution < 1.29 is 9.47 Å². The van der Waals surface area contributed by atoms with Crippen LogP contribution in [0.25, 0.3) is 0 Å². The summed E-state index contributed by atoms with van der Waals surface area (Å²) in [5.41, 5.74) is 0. The third kappa shape index (κ3) is 1.23. The Labute approximate surface area is 71.3 Å². The Morgan fingerprint density at radius 1 is 1.33 bits per heavy atom. The lowest BCUT2D eigenvalue weighted by Gasteiger charge is -2.24. The smallest absolute Gasteiger partial charge is 0.199 e. The summed E-state index contributed by atoms with van der Waals surface area (Å²) >= 11 is 0. The first-order valence-electron chi connectivity index (χ1n) is 3.87. The zero-order valence-corrected chi connectivity index (χ0v) is 6.86. The van der Waals surface area contributed by atoms with Gasteiger partial charge >= 0.3 is 0 Å². The van der Waals surface area contributed by atoms with Crippen molar-refractivity contribution in [3.05, 3.63) is 24.3 Å². The predicted molar refractivity (Wildman–Crippen MR) is 44.4 cm³/mol. The van der Waals surface area contributed by atoms with Crippen molar-refractivity contribution in [2.45, 2.75) is 6.23 Å². The van der Waals surface area contributed by atoms with Gasteiger partial charge in [-0.05, 0) is 12.1 Å². The Kier molecular flexibility index (Phi) is 1.87. The van der Waals surface area contributed by atoms with Crippen molar-refractivity contribution in [1.29, 1.82) is 0 Å². The molecular weight excluding hydrogens is 154 g/mol. The van der Waals surface area contributed by atoms with E-state index in [4.69, 9.17) is 9.47 Å². The third-order valence-corrected chi connectivity index (χ3v) is 1.78. The Hall–Kier alpha value is -1.22. The zero-order valence-electron chi connectivity index (χ0n) is 6.86. The van der Waals surface area contributed by atoms with E-state index in [1.54, 1.807) is 7.05 Å². The fourth-order valence-electron chi connectivity index (χ4n) is 1.14. The summed E-state index contributed by atoms with van der Waals surface area (Å²) in [6.07, 6.45) is -0.153. The average molecular weight is 164 g/mol. The first kappa shape index (κ1) is 7.43. The number of para-hydroxylation sites is 2. The molecule has 0 saturated carbocycles. The number of hydrogen-bond acceptors (Lipinski definition) is 2. The van der Waals surface area contributed by atoms with Gasteiger partial charge in [-0.25, -0.2) is 5.32 Å². The molecule has 1 aliphatic heterocycles. The van der Waals surface area contributed by atoms with Crippen LogP contribution in [0.4, 0.5) is 0 Å². The second kappa shape index (κ2) is 3.03. The van der Waals surface area contributed by atoms with Crippen molar-refractivity contribution in [3.8, 4) is 11.5 Å². The number of likely N-dealkylation sites (N-methyl/N-ethyl adjacent to an activating group) is 1.